The molecule has 0 aliphatic carbocycles. The van der Waals surface area contributed by atoms with Crippen molar-refractivity contribution in [3.8, 4) is 5.75 Å². The first-order valence-electron chi connectivity index (χ1n) is 5.59. The molecule has 1 atom stereocenters. The first kappa shape index (κ1) is 14.6. The summed E-state index contributed by atoms with van der Waals surface area (Å²) >= 11 is 8.92. The number of hydrogen-bond acceptors (Lipinski definition) is 2. The molecule has 0 radical (unpaired) electrons. The van der Waals surface area contributed by atoms with Crippen LogP contribution in [0.3, 0.4) is 0 Å². The number of benzene rings is 1. The summed E-state index contributed by atoms with van der Waals surface area (Å²) in [4.78, 5) is 0. The summed E-state index contributed by atoms with van der Waals surface area (Å²) in [5.41, 5.74) is 2.61. The van der Waals surface area contributed by atoms with Gasteiger partial charge in [0.05, 0.1) is 0 Å². The largest absolute Gasteiger partial charge is 0.489 e. The number of ether oxygens (including phenoxy) is 1. The van der Waals surface area contributed by atoms with E-state index in [-0.39, 0.29) is 6.04 Å². The molecule has 1 aromatic carbocycles. The lowest BCUT2D eigenvalue weighted by Crippen LogP contribution is -2.18. The van der Waals surface area contributed by atoms with Gasteiger partial charge in [0, 0.05) is 21.6 Å². The molecular formula is C13H17BrClNO. The molecule has 1 N–H and O–H groups in total. The number of rotatable bonds is 6. The molecule has 0 amide bonds. The average molecular weight is 319 g/mol. The monoisotopic (exact) mass is 317 g/mol. The van der Waals surface area contributed by atoms with Crippen molar-refractivity contribution in [2.45, 2.75) is 19.9 Å². The van der Waals surface area contributed by atoms with Crippen LogP contribution in [-0.2, 0) is 0 Å². The molecule has 0 aliphatic rings. The van der Waals surface area contributed by atoms with Crippen LogP contribution in [0.15, 0.2) is 34.3 Å². The van der Waals surface area contributed by atoms with Gasteiger partial charge < -0.3 is 10.1 Å². The Bertz CT molecular complexity index is 382. The second kappa shape index (κ2) is 7.75. The van der Waals surface area contributed by atoms with Crippen LogP contribution in [0, 0.1) is 0 Å². The van der Waals surface area contributed by atoms with Crippen LogP contribution >= 0.6 is 27.5 Å². The Hall–Kier alpha value is -0.510. The molecule has 0 aromatic heterocycles. The fourth-order valence-electron chi connectivity index (χ4n) is 1.58. The molecule has 1 aromatic rings. The molecule has 0 heterocycles. The van der Waals surface area contributed by atoms with E-state index in [1.165, 1.54) is 5.54 Å². The minimum Gasteiger partial charge on any atom is -0.489 e. The van der Waals surface area contributed by atoms with Gasteiger partial charge >= 0.3 is 0 Å². The van der Waals surface area contributed by atoms with Gasteiger partial charge in [0.1, 0.15) is 12.4 Å². The van der Waals surface area contributed by atoms with E-state index in [2.05, 4.69) is 41.2 Å². The van der Waals surface area contributed by atoms with Gasteiger partial charge in [-0.05, 0) is 31.7 Å². The molecule has 4 heteroatoms. The molecule has 0 aliphatic heterocycles. The van der Waals surface area contributed by atoms with Gasteiger partial charge in [-0.25, -0.2) is 0 Å². The van der Waals surface area contributed by atoms with Gasteiger partial charge in [0.2, 0.25) is 0 Å². The van der Waals surface area contributed by atoms with Crippen molar-refractivity contribution in [2.24, 2.45) is 0 Å². The summed E-state index contributed by atoms with van der Waals surface area (Å²) in [5, 5.41) is 3.37. The number of hydrogen-bond donors (Lipinski definition) is 1. The zero-order valence-corrected chi connectivity index (χ0v) is 12.4. The van der Waals surface area contributed by atoms with Crippen molar-refractivity contribution in [1.29, 1.82) is 0 Å². The first-order chi connectivity index (χ1) is 8.19. The van der Waals surface area contributed by atoms with E-state index in [1.54, 1.807) is 6.08 Å². The predicted molar refractivity (Wildman–Crippen MR) is 76.7 cm³/mol. The Kier molecular flexibility index (Phi) is 6.63. The van der Waals surface area contributed by atoms with Gasteiger partial charge in [-0.15, -0.1) is 0 Å². The van der Waals surface area contributed by atoms with Crippen LogP contribution in [0.2, 0.25) is 0 Å². The Labute approximate surface area is 116 Å². The van der Waals surface area contributed by atoms with E-state index in [1.807, 2.05) is 12.1 Å². The van der Waals surface area contributed by atoms with E-state index in [4.69, 9.17) is 16.3 Å². The molecule has 94 valence electrons. The van der Waals surface area contributed by atoms with Crippen LogP contribution in [0.25, 0.3) is 0 Å². The SMILES string of the molecule is CCNC(C)c1ccc(Br)cc1OC/C=C/Cl. The molecule has 1 unspecified atom stereocenters. The van der Waals surface area contributed by atoms with Gasteiger partial charge in [-0.3, -0.25) is 0 Å². The van der Waals surface area contributed by atoms with Crippen molar-refractivity contribution in [1.82, 2.24) is 5.32 Å². The van der Waals surface area contributed by atoms with E-state index < -0.39 is 0 Å². The Morgan fingerprint density at radius 1 is 1.53 bits per heavy atom. The Balaban J connectivity index is 2.86. The second-order valence-electron chi connectivity index (χ2n) is 3.63. The van der Waals surface area contributed by atoms with Crippen molar-refractivity contribution in [3.63, 3.8) is 0 Å². The lowest BCUT2D eigenvalue weighted by molar-refractivity contribution is 0.354. The van der Waals surface area contributed by atoms with E-state index in [9.17, 15) is 0 Å². The molecule has 0 spiro atoms. The summed E-state index contributed by atoms with van der Waals surface area (Å²) in [6.45, 7) is 5.62. The maximum atomic E-state index is 5.68. The lowest BCUT2D eigenvalue weighted by Gasteiger charge is -2.17. The summed E-state index contributed by atoms with van der Waals surface area (Å²) in [6, 6.07) is 6.33. The summed E-state index contributed by atoms with van der Waals surface area (Å²) in [6.07, 6.45) is 1.77. The third kappa shape index (κ3) is 4.70. The minimum atomic E-state index is 0.267. The van der Waals surface area contributed by atoms with Crippen LogP contribution < -0.4 is 10.1 Å². The van der Waals surface area contributed by atoms with Crippen molar-refractivity contribution in [2.75, 3.05) is 13.2 Å². The maximum absolute atomic E-state index is 5.68. The number of halogens is 2. The Morgan fingerprint density at radius 2 is 2.29 bits per heavy atom. The highest BCUT2D eigenvalue weighted by Gasteiger charge is 2.10. The van der Waals surface area contributed by atoms with Gasteiger partial charge in [0.25, 0.3) is 0 Å². The van der Waals surface area contributed by atoms with E-state index in [0.29, 0.717) is 6.61 Å². The summed E-state index contributed by atoms with van der Waals surface area (Å²) < 4.78 is 6.69. The van der Waals surface area contributed by atoms with Crippen LogP contribution in [-0.4, -0.2) is 13.2 Å². The predicted octanol–water partition coefficient (Wildman–Crippen LogP) is 4.25. The molecule has 0 saturated carbocycles. The second-order valence-corrected chi connectivity index (χ2v) is 4.80. The van der Waals surface area contributed by atoms with Crippen molar-refractivity contribution < 1.29 is 4.74 Å². The third-order valence-corrected chi connectivity index (χ3v) is 3.05. The summed E-state index contributed by atoms with van der Waals surface area (Å²) in [5.74, 6) is 0.877. The highest BCUT2D eigenvalue weighted by atomic mass is 79.9. The molecule has 2 nitrogen and oxygen atoms in total. The topological polar surface area (TPSA) is 21.3 Å². The molecule has 0 fully saturated rings. The van der Waals surface area contributed by atoms with Crippen molar-refractivity contribution in [3.05, 3.63) is 39.8 Å². The van der Waals surface area contributed by atoms with Crippen LogP contribution in [0.1, 0.15) is 25.5 Å². The minimum absolute atomic E-state index is 0.267. The average Bonchev–Trinajstić information content (AvgIpc) is 2.30. The summed E-state index contributed by atoms with van der Waals surface area (Å²) in [7, 11) is 0. The van der Waals surface area contributed by atoms with E-state index >= 15 is 0 Å². The standard InChI is InChI=1S/C13H17BrClNO/c1-3-16-10(2)12-6-5-11(14)9-13(12)17-8-4-7-15/h4-7,9-10,16H,3,8H2,1-2H3/b7-4+. The Morgan fingerprint density at radius 3 is 2.94 bits per heavy atom. The number of nitrogens with one attached hydrogen (secondary N) is 1. The molecular weight excluding hydrogens is 302 g/mol. The van der Waals surface area contributed by atoms with E-state index in [0.717, 1.165) is 22.3 Å². The third-order valence-electron chi connectivity index (χ3n) is 2.38. The normalized spacial score (nSPS) is 12.9. The van der Waals surface area contributed by atoms with Crippen molar-refractivity contribution >= 4 is 27.5 Å². The first-order valence-corrected chi connectivity index (χ1v) is 6.82. The molecule has 1 rings (SSSR count). The fraction of sp³-hybridized carbons (Fsp3) is 0.385. The highest BCUT2D eigenvalue weighted by Crippen LogP contribution is 2.28. The molecule has 0 bridgehead atoms. The zero-order chi connectivity index (χ0) is 12.7. The molecule has 0 saturated heterocycles. The quantitative estimate of drug-likeness (QED) is 0.846. The van der Waals surface area contributed by atoms with Crippen LogP contribution in [0.4, 0.5) is 0 Å². The van der Waals surface area contributed by atoms with Gasteiger partial charge in [0.15, 0.2) is 0 Å². The van der Waals surface area contributed by atoms with Gasteiger partial charge in [-0.1, -0.05) is 40.5 Å². The highest BCUT2D eigenvalue weighted by molar-refractivity contribution is 9.10. The van der Waals surface area contributed by atoms with Crippen LogP contribution in [0.5, 0.6) is 5.75 Å². The van der Waals surface area contributed by atoms with Gasteiger partial charge in [-0.2, -0.15) is 0 Å². The maximum Gasteiger partial charge on any atom is 0.125 e. The smallest absolute Gasteiger partial charge is 0.125 e. The fourth-order valence-corrected chi connectivity index (χ4v) is 1.99. The zero-order valence-electron chi connectivity index (χ0n) is 10.0. The molecule has 17 heavy (non-hydrogen) atoms. The lowest BCUT2D eigenvalue weighted by atomic mass is 10.1.